The van der Waals surface area contributed by atoms with E-state index in [0.717, 1.165) is 48.2 Å². The normalized spacial score (nSPS) is 27.7. The lowest BCUT2D eigenvalue weighted by molar-refractivity contribution is -0.870. The maximum absolute atomic E-state index is 13.4. The van der Waals surface area contributed by atoms with Gasteiger partial charge < -0.3 is 26.0 Å². The third kappa shape index (κ3) is 3.95. The molecule has 4 atom stereocenters. The molecule has 5 heterocycles. The summed E-state index contributed by atoms with van der Waals surface area (Å²) in [5.74, 6) is -0.328. The Hall–Kier alpha value is -1.62. The largest absolute Gasteiger partial charge is 1.00 e. The number of rotatable bonds is 6. The van der Waals surface area contributed by atoms with Crippen LogP contribution in [-0.2, 0) is 9.59 Å². The van der Waals surface area contributed by atoms with Gasteiger partial charge >= 0.3 is 0 Å². The molecule has 3 fully saturated rings. The van der Waals surface area contributed by atoms with E-state index in [1.54, 1.807) is 6.07 Å². The van der Waals surface area contributed by atoms with Gasteiger partial charge in [-0.2, -0.15) is 4.39 Å². The first-order valence-corrected chi connectivity index (χ1v) is 11.7. The lowest BCUT2D eigenvalue weighted by atomic mass is 9.86. The first kappa shape index (κ1) is 23.5. The van der Waals surface area contributed by atoms with Crippen molar-refractivity contribution in [3.63, 3.8) is 0 Å². The van der Waals surface area contributed by atoms with E-state index < -0.39 is 5.92 Å². The second-order valence-corrected chi connectivity index (χ2v) is 10.9. The van der Waals surface area contributed by atoms with Crippen LogP contribution in [0.5, 0.6) is 0 Å². The zero-order valence-corrected chi connectivity index (χ0v) is 20.9. The molecular weight excluding hydrogens is 499 g/mol. The van der Waals surface area contributed by atoms with Crippen LogP contribution in [0.15, 0.2) is 22.7 Å². The average molecular weight is 527 g/mol. The third-order valence-corrected chi connectivity index (χ3v) is 7.69. The quantitative estimate of drug-likeness (QED) is 0.384. The van der Waals surface area contributed by atoms with Crippen LogP contribution in [0.2, 0.25) is 0 Å². The van der Waals surface area contributed by atoms with Crippen LogP contribution >= 0.6 is 11.3 Å². The first-order chi connectivity index (χ1) is 14.7. The summed E-state index contributed by atoms with van der Waals surface area (Å²) in [5.41, 5.74) is 0.664. The van der Waals surface area contributed by atoms with Gasteiger partial charge in [0.2, 0.25) is 11.8 Å². The molecule has 0 bridgehead atoms. The highest BCUT2D eigenvalue weighted by molar-refractivity contribution is 7.13. The Balaban J connectivity index is 0.00000245. The molecule has 2 amide bonds. The number of carbonyl (C=O) groups is 2. The number of likely N-dealkylation sites (tertiary alicyclic amines) is 1. The number of aromatic nitrogens is 1. The second-order valence-electron chi connectivity index (χ2n) is 9.86. The van der Waals surface area contributed by atoms with Crippen LogP contribution < -0.4 is 17.0 Å². The zero-order valence-electron chi connectivity index (χ0n) is 18.5. The van der Waals surface area contributed by atoms with Crippen molar-refractivity contribution in [3.05, 3.63) is 29.0 Å². The number of amides is 2. The zero-order chi connectivity index (χ0) is 21.9. The molecule has 5 rings (SSSR count). The Morgan fingerprint density at radius 2 is 1.97 bits per heavy atom. The summed E-state index contributed by atoms with van der Waals surface area (Å²) in [5, 5.41) is 3.98. The monoisotopic (exact) mass is 526 g/mol. The minimum absolute atomic E-state index is 0. The highest BCUT2D eigenvalue weighted by atomic mass is 79.9. The van der Waals surface area contributed by atoms with Crippen molar-refractivity contribution >= 4 is 23.2 Å². The summed E-state index contributed by atoms with van der Waals surface area (Å²) >= 11 is 1.00. The van der Waals surface area contributed by atoms with Crippen LogP contribution in [-0.4, -0.2) is 78.1 Å². The standard InChI is InChI=1S/C22H28FN4O3S.BrH/c1-27(2,3)11-5-10-26-21(28)18-14-6-4-9-25(14)20(19(18)22(26)29)13-12-15(30-24-13)16-7-8-17(23)31-16;/h7-8,12,14,18-20H,4-6,9-11H2,1-3H3;1H/q+1;/p-1/t14-,18-,19-,20-;/m0./s1. The van der Waals surface area contributed by atoms with E-state index in [9.17, 15) is 14.0 Å². The molecule has 3 saturated heterocycles. The van der Waals surface area contributed by atoms with Crippen molar-refractivity contribution < 1.29 is 40.0 Å². The van der Waals surface area contributed by atoms with Crippen LogP contribution in [0.4, 0.5) is 4.39 Å². The van der Waals surface area contributed by atoms with E-state index in [1.165, 1.54) is 11.0 Å². The summed E-state index contributed by atoms with van der Waals surface area (Å²) in [6.07, 6.45) is 2.72. The molecule has 7 nitrogen and oxygen atoms in total. The Morgan fingerprint density at radius 1 is 1.22 bits per heavy atom. The molecule has 3 aliphatic rings. The first-order valence-electron chi connectivity index (χ1n) is 10.9. The van der Waals surface area contributed by atoms with E-state index in [0.29, 0.717) is 22.9 Å². The SMILES string of the molecule is C[N+](C)(C)CCCN1C(=O)[C@@H]2[C@H](C1=O)[C@H](c1cc(-c3ccc(F)s3)on1)N1CCC[C@@H]21.[Br-]. The topological polar surface area (TPSA) is 66.7 Å². The Kier molecular flexibility index (Phi) is 6.34. The predicted molar refractivity (Wildman–Crippen MR) is 113 cm³/mol. The van der Waals surface area contributed by atoms with Gasteiger partial charge in [-0.3, -0.25) is 19.4 Å². The van der Waals surface area contributed by atoms with Gasteiger partial charge in [0.15, 0.2) is 10.9 Å². The molecule has 0 radical (unpaired) electrons. The fraction of sp³-hybridized carbons (Fsp3) is 0.591. The number of fused-ring (bicyclic) bond motifs is 3. The van der Waals surface area contributed by atoms with Crippen molar-refractivity contribution in [2.75, 3.05) is 40.8 Å². The maximum atomic E-state index is 13.4. The lowest BCUT2D eigenvalue weighted by Crippen LogP contribution is -3.00. The Bertz CT molecular complexity index is 1020. The molecule has 0 aliphatic carbocycles. The number of quaternary nitrogens is 1. The van der Waals surface area contributed by atoms with Crippen LogP contribution in [0.25, 0.3) is 10.6 Å². The fourth-order valence-electron chi connectivity index (χ4n) is 5.53. The summed E-state index contributed by atoms with van der Waals surface area (Å²) in [4.78, 5) is 31.1. The number of nitrogens with zero attached hydrogens (tertiary/aromatic N) is 4. The maximum Gasteiger partial charge on any atom is 0.235 e. The predicted octanol–water partition coefficient (Wildman–Crippen LogP) is -0.237. The molecule has 2 aromatic rings. The highest BCUT2D eigenvalue weighted by Gasteiger charge is 2.63. The molecule has 0 N–H and O–H groups in total. The van der Waals surface area contributed by atoms with Gasteiger partial charge in [-0.25, -0.2) is 0 Å². The van der Waals surface area contributed by atoms with Crippen molar-refractivity contribution in [1.29, 1.82) is 0 Å². The van der Waals surface area contributed by atoms with E-state index >= 15 is 0 Å². The van der Waals surface area contributed by atoms with Gasteiger partial charge in [0.1, 0.15) is 5.69 Å². The number of thiophene rings is 1. The molecule has 3 aliphatic heterocycles. The van der Waals surface area contributed by atoms with Gasteiger partial charge in [-0.1, -0.05) is 5.16 Å². The summed E-state index contributed by atoms with van der Waals surface area (Å²) < 4.78 is 19.8. The number of hydrogen-bond donors (Lipinski definition) is 0. The molecular formula is C22H28BrFN4O3S. The molecule has 0 unspecified atom stereocenters. The summed E-state index contributed by atoms with van der Waals surface area (Å²) in [7, 11) is 6.32. The average Bonchev–Trinajstić information content (AvgIpc) is 3.47. The van der Waals surface area contributed by atoms with Crippen molar-refractivity contribution in [3.8, 4) is 10.6 Å². The Morgan fingerprint density at radius 3 is 2.66 bits per heavy atom. The minimum Gasteiger partial charge on any atom is -1.00 e. The number of carbonyl (C=O) groups excluding carboxylic acids is 2. The van der Waals surface area contributed by atoms with E-state index in [2.05, 4.69) is 31.2 Å². The van der Waals surface area contributed by atoms with Crippen molar-refractivity contribution in [2.24, 2.45) is 11.8 Å². The number of halogens is 2. The molecule has 0 saturated carbocycles. The van der Waals surface area contributed by atoms with E-state index in [-0.39, 0.29) is 51.9 Å². The number of imide groups is 1. The third-order valence-electron chi connectivity index (χ3n) is 6.80. The summed E-state index contributed by atoms with van der Waals surface area (Å²) in [6.45, 7) is 2.22. The molecule has 174 valence electrons. The van der Waals surface area contributed by atoms with Crippen molar-refractivity contribution in [2.45, 2.75) is 31.3 Å². The highest BCUT2D eigenvalue weighted by Crippen LogP contribution is 2.53. The van der Waals surface area contributed by atoms with E-state index in [1.807, 2.05) is 6.07 Å². The molecule has 0 spiro atoms. The molecule has 0 aromatic carbocycles. The summed E-state index contributed by atoms with van der Waals surface area (Å²) in [6, 6.07) is 4.69. The van der Waals surface area contributed by atoms with E-state index in [4.69, 9.17) is 4.52 Å². The van der Waals surface area contributed by atoms with Gasteiger partial charge in [0, 0.05) is 25.1 Å². The second kappa shape index (κ2) is 8.62. The van der Waals surface area contributed by atoms with Crippen LogP contribution in [0.1, 0.15) is 31.0 Å². The van der Waals surface area contributed by atoms with Crippen molar-refractivity contribution in [1.82, 2.24) is 15.0 Å². The smallest absolute Gasteiger partial charge is 0.235 e. The number of hydrogen-bond acceptors (Lipinski definition) is 6. The van der Waals surface area contributed by atoms with Crippen LogP contribution in [0, 0.1) is 17.0 Å². The lowest BCUT2D eigenvalue weighted by Gasteiger charge is -2.28. The fourth-order valence-corrected chi connectivity index (χ4v) is 6.21. The molecule has 10 heteroatoms. The Labute approximate surface area is 201 Å². The van der Waals surface area contributed by atoms with Gasteiger partial charge in [0.05, 0.1) is 50.4 Å². The van der Waals surface area contributed by atoms with Gasteiger partial charge in [-0.15, -0.1) is 11.3 Å². The van der Waals surface area contributed by atoms with Crippen LogP contribution in [0.3, 0.4) is 0 Å². The molecule has 2 aromatic heterocycles. The minimum atomic E-state index is -0.417. The molecule has 32 heavy (non-hydrogen) atoms. The van der Waals surface area contributed by atoms with Gasteiger partial charge in [0.25, 0.3) is 0 Å². The van der Waals surface area contributed by atoms with Gasteiger partial charge in [-0.05, 0) is 31.5 Å².